The summed E-state index contributed by atoms with van der Waals surface area (Å²) in [5.41, 5.74) is -0.0724. The fraction of sp³-hybridized carbons (Fsp3) is 0.176. The fourth-order valence-corrected chi connectivity index (χ4v) is 4.94. The second-order valence-electron chi connectivity index (χ2n) is 9.93. The number of Topliss-reactive ketones (excluding diaryl/α,β-unsaturated/α-hetero) is 1. The van der Waals surface area contributed by atoms with Gasteiger partial charge < -0.3 is 23.5 Å². The number of benzene rings is 3. The lowest BCUT2D eigenvalue weighted by molar-refractivity contribution is 0.0514. The van der Waals surface area contributed by atoms with Crippen LogP contribution < -0.4 is 19.6 Å². The van der Waals surface area contributed by atoms with Crippen LogP contribution in [0.3, 0.4) is 0 Å². The molecular weight excluding hydrogens is 586 g/mol. The molecule has 0 spiro atoms. The van der Waals surface area contributed by atoms with Crippen LogP contribution in [0.1, 0.15) is 33.3 Å². The average Bonchev–Trinajstić information content (AvgIpc) is 3.03. The molecule has 11 heteroatoms. The third-order valence-corrected chi connectivity index (χ3v) is 7.07. The van der Waals surface area contributed by atoms with Crippen LogP contribution in [0.4, 0.5) is 8.78 Å². The van der Waals surface area contributed by atoms with E-state index in [4.69, 9.17) is 18.9 Å². The molecule has 45 heavy (non-hydrogen) atoms. The van der Waals surface area contributed by atoms with Crippen molar-refractivity contribution in [3.8, 4) is 34.1 Å². The van der Waals surface area contributed by atoms with Gasteiger partial charge in [0, 0.05) is 37.3 Å². The topological polar surface area (TPSA) is 106 Å². The van der Waals surface area contributed by atoms with Crippen LogP contribution in [0, 0.1) is 11.6 Å². The Morgan fingerprint density at radius 3 is 2.27 bits per heavy atom. The number of esters is 1. The van der Waals surface area contributed by atoms with Crippen LogP contribution in [0.25, 0.3) is 22.0 Å². The number of nitrogens with zero attached hydrogens (tertiary/aromatic N) is 2. The molecule has 2 aromatic heterocycles. The Morgan fingerprint density at radius 1 is 0.889 bits per heavy atom. The van der Waals surface area contributed by atoms with Crippen LogP contribution in [0.15, 0.2) is 77.9 Å². The molecule has 0 N–H and O–H groups in total. The van der Waals surface area contributed by atoms with Gasteiger partial charge in [-0.05, 0) is 54.4 Å². The molecule has 5 aromatic rings. The number of carbonyl (C=O) groups excluding carboxylic acids is 2. The van der Waals surface area contributed by atoms with Crippen molar-refractivity contribution in [2.75, 3.05) is 20.8 Å². The number of pyridine rings is 2. The molecule has 0 radical (unpaired) electrons. The van der Waals surface area contributed by atoms with Gasteiger partial charge in [-0.1, -0.05) is 18.2 Å². The molecule has 0 aliphatic carbocycles. The van der Waals surface area contributed by atoms with E-state index >= 15 is 4.39 Å². The number of aryl methyl sites for hydroxylation is 1. The lowest BCUT2D eigenvalue weighted by Gasteiger charge is -2.15. The van der Waals surface area contributed by atoms with Crippen molar-refractivity contribution in [1.29, 1.82) is 0 Å². The standard InChI is InChI=1S/C34H28F2N2O7/c1-5-44-34(41)32-31(20-7-9-21(35)10-8-20)33(40)23(18-38(32)2)26(39)15-19-6-11-28(24(36)14-19)45-27-12-13-37-25-17-30(43-4)29(42-3)16-22(25)27/h6-14,16-18H,5,15H2,1-4H3. The number of carbonyl (C=O) groups is 2. The molecule has 0 bridgehead atoms. The maximum absolute atomic E-state index is 15.3. The molecule has 0 fully saturated rings. The van der Waals surface area contributed by atoms with E-state index in [0.717, 1.165) is 18.2 Å². The van der Waals surface area contributed by atoms with Gasteiger partial charge in [-0.3, -0.25) is 14.6 Å². The van der Waals surface area contributed by atoms with Crippen molar-refractivity contribution >= 4 is 22.7 Å². The predicted octanol–water partition coefficient (Wildman–Crippen LogP) is 6.29. The first-order chi connectivity index (χ1) is 21.6. The van der Waals surface area contributed by atoms with E-state index in [1.165, 1.54) is 62.5 Å². The number of hydrogen-bond acceptors (Lipinski definition) is 8. The SMILES string of the molecule is CCOC(=O)c1c(-c2ccc(F)cc2)c(=O)c(C(=O)Cc2ccc(Oc3ccnc4cc(OC)c(OC)cc34)c(F)c2)cn1C. The normalized spacial score (nSPS) is 10.9. The Morgan fingerprint density at radius 2 is 1.60 bits per heavy atom. The van der Waals surface area contributed by atoms with Crippen molar-refractivity contribution in [3.05, 3.63) is 112 Å². The summed E-state index contributed by atoms with van der Waals surface area (Å²) < 4.78 is 52.0. The number of hydrogen-bond donors (Lipinski definition) is 0. The third-order valence-electron chi connectivity index (χ3n) is 7.07. The van der Waals surface area contributed by atoms with Crippen LogP contribution in [-0.2, 0) is 18.2 Å². The zero-order chi connectivity index (χ0) is 32.2. The second-order valence-corrected chi connectivity index (χ2v) is 9.93. The first-order valence-electron chi connectivity index (χ1n) is 13.8. The summed E-state index contributed by atoms with van der Waals surface area (Å²) in [6.07, 6.45) is 2.45. The zero-order valence-electron chi connectivity index (χ0n) is 24.9. The number of ketones is 1. The Balaban J connectivity index is 1.45. The van der Waals surface area contributed by atoms with Gasteiger partial charge in [-0.15, -0.1) is 0 Å². The van der Waals surface area contributed by atoms with Gasteiger partial charge in [0.1, 0.15) is 17.3 Å². The van der Waals surface area contributed by atoms with E-state index in [1.54, 1.807) is 25.1 Å². The summed E-state index contributed by atoms with van der Waals surface area (Å²) in [5, 5.41) is 0.563. The summed E-state index contributed by atoms with van der Waals surface area (Å²) in [4.78, 5) is 44.1. The summed E-state index contributed by atoms with van der Waals surface area (Å²) in [6.45, 7) is 1.68. The van der Waals surface area contributed by atoms with Gasteiger partial charge in [0.05, 0.1) is 37.5 Å². The predicted molar refractivity (Wildman–Crippen MR) is 162 cm³/mol. The number of halogens is 2. The van der Waals surface area contributed by atoms with Gasteiger partial charge in [-0.25, -0.2) is 13.6 Å². The molecule has 0 saturated heterocycles. The van der Waals surface area contributed by atoms with Crippen LogP contribution >= 0.6 is 0 Å². The highest BCUT2D eigenvalue weighted by atomic mass is 19.1. The van der Waals surface area contributed by atoms with Gasteiger partial charge >= 0.3 is 5.97 Å². The Hall–Kier alpha value is -5.58. The number of rotatable bonds is 10. The summed E-state index contributed by atoms with van der Waals surface area (Å²) in [6, 6.07) is 14.0. The van der Waals surface area contributed by atoms with Gasteiger partial charge in [-0.2, -0.15) is 0 Å². The van der Waals surface area contributed by atoms with Crippen molar-refractivity contribution in [2.24, 2.45) is 7.05 Å². The highest BCUT2D eigenvalue weighted by Gasteiger charge is 2.25. The molecule has 0 saturated carbocycles. The minimum Gasteiger partial charge on any atom is -0.493 e. The van der Waals surface area contributed by atoms with Crippen molar-refractivity contribution in [3.63, 3.8) is 0 Å². The molecule has 5 rings (SSSR count). The minimum atomic E-state index is -0.771. The van der Waals surface area contributed by atoms with Gasteiger partial charge in [0.25, 0.3) is 0 Å². The van der Waals surface area contributed by atoms with E-state index in [0.29, 0.717) is 28.2 Å². The highest BCUT2D eigenvalue weighted by Crippen LogP contribution is 2.37. The van der Waals surface area contributed by atoms with E-state index in [1.807, 2.05) is 0 Å². The third kappa shape index (κ3) is 6.23. The van der Waals surface area contributed by atoms with Crippen molar-refractivity contribution in [2.45, 2.75) is 13.3 Å². The lowest BCUT2D eigenvalue weighted by atomic mass is 9.97. The average molecular weight is 615 g/mol. The van der Waals surface area contributed by atoms with Gasteiger partial charge in [0.2, 0.25) is 5.43 Å². The zero-order valence-corrected chi connectivity index (χ0v) is 24.9. The molecule has 3 aromatic carbocycles. The smallest absolute Gasteiger partial charge is 0.355 e. The van der Waals surface area contributed by atoms with E-state index in [9.17, 15) is 18.8 Å². The number of ether oxygens (including phenoxy) is 4. The second kappa shape index (κ2) is 13.0. The quantitative estimate of drug-likeness (QED) is 0.134. The van der Waals surface area contributed by atoms with Crippen molar-refractivity contribution in [1.82, 2.24) is 9.55 Å². The van der Waals surface area contributed by atoms with E-state index in [2.05, 4.69) is 4.98 Å². The molecule has 2 heterocycles. The molecule has 230 valence electrons. The van der Waals surface area contributed by atoms with E-state index in [-0.39, 0.29) is 46.7 Å². The van der Waals surface area contributed by atoms with Gasteiger partial charge in [0.15, 0.2) is 28.8 Å². The number of aromatic nitrogens is 2. The molecule has 0 aliphatic heterocycles. The molecular formula is C34H28F2N2O7. The maximum Gasteiger partial charge on any atom is 0.355 e. The molecule has 0 amide bonds. The molecule has 0 aliphatic rings. The molecule has 9 nitrogen and oxygen atoms in total. The maximum atomic E-state index is 15.3. The first kappa shape index (κ1) is 30.9. The Kier molecular flexibility index (Phi) is 8.89. The fourth-order valence-electron chi connectivity index (χ4n) is 4.94. The first-order valence-corrected chi connectivity index (χ1v) is 13.8. The largest absolute Gasteiger partial charge is 0.493 e. The minimum absolute atomic E-state index is 0.0577. The Bertz CT molecular complexity index is 1990. The number of fused-ring (bicyclic) bond motifs is 1. The molecule has 0 unspecified atom stereocenters. The summed E-state index contributed by atoms with van der Waals surface area (Å²) >= 11 is 0. The number of methoxy groups -OCH3 is 2. The molecule has 0 atom stereocenters. The summed E-state index contributed by atoms with van der Waals surface area (Å²) in [7, 11) is 4.50. The van der Waals surface area contributed by atoms with Crippen LogP contribution in [-0.4, -0.2) is 42.1 Å². The van der Waals surface area contributed by atoms with Crippen LogP contribution in [0.2, 0.25) is 0 Å². The Labute approximate surface area is 256 Å². The monoisotopic (exact) mass is 614 g/mol. The summed E-state index contributed by atoms with van der Waals surface area (Å²) in [5.74, 6) is -1.50. The highest BCUT2D eigenvalue weighted by molar-refractivity contribution is 6.01. The van der Waals surface area contributed by atoms with E-state index < -0.39 is 28.8 Å². The van der Waals surface area contributed by atoms with Crippen molar-refractivity contribution < 1.29 is 37.3 Å². The lowest BCUT2D eigenvalue weighted by Crippen LogP contribution is -2.26. The van der Waals surface area contributed by atoms with Crippen LogP contribution in [0.5, 0.6) is 23.0 Å².